The van der Waals surface area contributed by atoms with Crippen LogP contribution in [0.5, 0.6) is 0 Å². The van der Waals surface area contributed by atoms with E-state index in [1.807, 2.05) is 18.5 Å². The zero-order chi connectivity index (χ0) is 23.3. The summed E-state index contributed by atoms with van der Waals surface area (Å²) in [4.78, 5) is 30.5. The molecule has 1 saturated carbocycles. The summed E-state index contributed by atoms with van der Waals surface area (Å²) in [5, 5.41) is 7.12. The topological polar surface area (TPSA) is 83.0 Å². The number of amides is 1. The monoisotopic (exact) mass is 457 g/mol. The van der Waals surface area contributed by atoms with Crippen LogP contribution in [0.2, 0.25) is 0 Å². The van der Waals surface area contributed by atoms with Crippen LogP contribution in [-0.4, -0.2) is 77.3 Å². The van der Waals surface area contributed by atoms with Gasteiger partial charge < -0.3 is 14.7 Å². The Morgan fingerprint density at radius 1 is 1.28 bits per heavy atom. The zero-order valence-corrected chi connectivity index (χ0v) is 18.1. The summed E-state index contributed by atoms with van der Waals surface area (Å²) in [6.07, 6.45) is 3.39. The predicted molar refractivity (Wildman–Crippen MR) is 110 cm³/mol. The largest absolute Gasteiger partial charge is 0.490 e. The minimum absolute atomic E-state index is 0.103. The van der Waals surface area contributed by atoms with Crippen LogP contribution in [0.3, 0.4) is 0 Å². The molecule has 4 atom stereocenters. The van der Waals surface area contributed by atoms with Crippen molar-refractivity contribution < 1.29 is 32.6 Å². The van der Waals surface area contributed by atoms with Crippen LogP contribution in [0, 0.1) is 17.8 Å². The van der Waals surface area contributed by atoms with Crippen LogP contribution in [0.1, 0.15) is 31.2 Å². The van der Waals surface area contributed by atoms with Crippen molar-refractivity contribution >= 4 is 11.9 Å². The van der Waals surface area contributed by atoms with E-state index in [2.05, 4.69) is 27.9 Å². The summed E-state index contributed by atoms with van der Waals surface area (Å²) in [5.74, 6) is -1.04. The molecule has 2 aliphatic heterocycles. The van der Waals surface area contributed by atoms with E-state index in [0.717, 1.165) is 32.7 Å². The molecule has 1 amide bonds. The van der Waals surface area contributed by atoms with Crippen molar-refractivity contribution in [1.82, 2.24) is 14.8 Å². The molecule has 2 saturated heterocycles. The van der Waals surface area contributed by atoms with Crippen molar-refractivity contribution in [2.24, 2.45) is 17.8 Å². The third-order valence-electron chi connectivity index (χ3n) is 6.61. The number of fused-ring (bicyclic) bond motifs is 1. The SMILES string of the molecule is CN(Cc1cccnc1)C1CCC[C@@H]2CN(C(=O)C3CCOC3)C[C@H]12.O=C(O)C(F)(F)F. The maximum atomic E-state index is 12.8. The zero-order valence-electron chi connectivity index (χ0n) is 18.1. The van der Waals surface area contributed by atoms with Gasteiger partial charge in [-0.3, -0.25) is 14.7 Å². The van der Waals surface area contributed by atoms with Crippen molar-refractivity contribution in [2.75, 3.05) is 33.4 Å². The van der Waals surface area contributed by atoms with Gasteiger partial charge in [-0.15, -0.1) is 0 Å². The number of alkyl halides is 3. The van der Waals surface area contributed by atoms with Gasteiger partial charge in [-0.25, -0.2) is 4.79 Å². The summed E-state index contributed by atoms with van der Waals surface area (Å²) < 4.78 is 37.2. The molecule has 1 aromatic heterocycles. The third kappa shape index (κ3) is 6.19. The van der Waals surface area contributed by atoms with E-state index in [4.69, 9.17) is 14.6 Å². The highest BCUT2D eigenvalue weighted by Crippen LogP contribution is 2.39. The molecule has 2 unspecified atom stereocenters. The Hall–Kier alpha value is -2.20. The Balaban J connectivity index is 0.000000360. The minimum atomic E-state index is -5.08. The lowest BCUT2D eigenvalue weighted by molar-refractivity contribution is -0.192. The van der Waals surface area contributed by atoms with Crippen LogP contribution >= 0.6 is 0 Å². The molecule has 7 nitrogen and oxygen atoms in total. The number of pyridine rings is 1. The van der Waals surface area contributed by atoms with Crippen LogP contribution in [0.4, 0.5) is 13.2 Å². The van der Waals surface area contributed by atoms with Crippen LogP contribution < -0.4 is 0 Å². The number of nitrogens with zero attached hydrogens (tertiary/aromatic N) is 3. The van der Waals surface area contributed by atoms with Gasteiger partial charge >= 0.3 is 12.1 Å². The lowest BCUT2D eigenvalue weighted by atomic mass is 9.77. The fourth-order valence-corrected chi connectivity index (χ4v) is 5.05. The number of halogens is 3. The molecule has 1 N–H and O–H groups in total. The van der Waals surface area contributed by atoms with E-state index in [1.165, 1.54) is 24.8 Å². The number of carboxylic acid groups (broad SMARTS) is 1. The number of ether oxygens (including phenoxy) is 1. The molecule has 0 aromatic carbocycles. The van der Waals surface area contributed by atoms with Gasteiger partial charge in [0, 0.05) is 44.7 Å². The Labute approximate surface area is 185 Å². The van der Waals surface area contributed by atoms with Crippen molar-refractivity contribution in [3.63, 3.8) is 0 Å². The van der Waals surface area contributed by atoms with Gasteiger partial charge in [0.25, 0.3) is 0 Å². The summed E-state index contributed by atoms with van der Waals surface area (Å²) >= 11 is 0. The summed E-state index contributed by atoms with van der Waals surface area (Å²) in [7, 11) is 2.23. The van der Waals surface area contributed by atoms with Gasteiger partial charge in [-0.1, -0.05) is 12.5 Å². The highest BCUT2D eigenvalue weighted by molar-refractivity contribution is 5.79. The number of carbonyl (C=O) groups is 2. The summed E-state index contributed by atoms with van der Waals surface area (Å²) in [6, 6.07) is 4.72. The Kier molecular flexibility index (Phi) is 8.10. The highest BCUT2D eigenvalue weighted by atomic mass is 19.4. The molecule has 0 spiro atoms. The average molecular weight is 457 g/mol. The van der Waals surface area contributed by atoms with Crippen molar-refractivity contribution in [1.29, 1.82) is 0 Å². The second kappa shape index (κ2) is 10.6. The first-order chi connectivity index (χ1) is 15.2. The standard InChI is InChI=1S/C20H29N3O2.C2HF3O2/c1-22(11-15-4-3-8-21-10-15)19-6-2-5-16-12-23(13-18(16)19)20(24)17-7-9-25-14-17;3-2(4,5)1(6)7/h3-4,8,10,16-19H,2,5-7,9,11-14H2,1H3;(H,6,7)/t16-,17?,18+,19?;/m1./s1. The molecule has 4 rings (SSSR count). The smallest absolute Gasteiger partial charge is 0.475 e. The maximum Gasteiger partial charge on any atom is 0.490 e. The lowest BCUT2D eigenvalue weighted by Crippen LogP contribution is -2.43. The Morgan fingerprint density at radius 3 is 2.62 bits per heavy atom. The number of hydrogen-bond donors (Lipinski definition) is 1. The number of aliphatic carboxylic acids is 1. The van der Waals surface area contributed by atoms with E-state index in [0.29, 0.717) is 30.4 Å². The minimum Gasteiger partial charge on any atom is -0.475 e. The van der Waals surface area contributed by atoms with Gasteiger partial charge in [0.2, 0.25) is 5.91 Å². The lowest BCUT2D eigenvalue weighted by Gasteiger charge is -2.39. The second-order valence-corrected chi connectivity index (χ2v) is 8.81. The van der Waals surface area contributed by atoms with Crippen molar-refractivity contribution in [2.45, 2.75) is 44.4 Å². The summed E-state index contributed by atoms with van der Waals surface area (Å²) in [5.41, 5.74) is 1.26. The molecule has 0 bridgehead atoms. The average Bonchev–Trinajstić information content (AvgIpc) is 3.43. The number of carboxylic acids is 1. The number of likely N-dealkylation sites (tertiary alicyclic amines) is 1. The van der Waals surface area contributed by atoms with Gasteiger partial charge in [-0.2, -0.15) is 13.2 Å². The number of carbonyl (C=O) groups excluding carboxylic acids is 1. The quantitative estimate of drug-likeness (QED) is 0.749. The molecule has 3 fully saturated rings. The van der Waals surface area contributed by atoms with E-state index < -0.39 is 12.1 Å². The van der Waals surface area contributed by atoms with Crippen LogP contribution in [-0.2, 0) is 20.9 Å². The predicted octanol–water partition coefficient (Wildman–Crippen LogP) is 2.81. The molecule has 3 aliphatic rings. The first-order valence-corrected chi connectivity index (χ1v) is 10.9. The molecular formula is C22H30F3N3O4. The highest BCUT2D eigenvalue weighted by Gasteiger charge is 2.44. The number of hydrogen-bond acceptors (Lipinski definition) is 5. The molecule has 1 aliphatic carbocycles. The fourth-order valence-electron chi connectivity index (χ4n) is 5.05. The van der Waals surface area contributed by atoms with Crippen molar-refractivity contribution in [3.8, 4) is 0 Å². The van der Waals surface area contributed by atoms with Crippen LogP contribution in [0.15, 0.2) is 24.5 Å². The fraction of sp³-hybridized carbons (Fsp3) is 0.682. The van der Waals surface area contributed by atoms with E-state index in [1.54, 1.807) is 0 Å². The second-order valence-electron chi connectivity index (χ2n) is 8.81. The van der Waals surface area contributed by atoms with E-state index in [-0.39, 0.29) is 5.92 Å². The summed E-state index contributed by atoms with van der Waals surface area (Å²) in [6.45, 7) is 4.19. The first kappa shape index (κ1) is 24.4. The molecule has 3 heterocycles. The van der Waals surface area contributed by atoms with E-state index in [9.17, 15) is 18.0 Å². The Morgan fingerprint density at radius 2 is 2.03 bits per heavy atom. The van der Waals surface area contributed by atoms with Gasteiger partial charge in [-0.05, 0) is 49.8 Å². The number of aromatic nitrogens is 1. The van der Waals surface area contributed by atoms with Crippen LogP contribution in [0.25, 0.3) is 0 Å². The van der Waals surface area contributed by atoms with Crippen molar-refractivity contribution in [3.05, 3.63) is 30.1 Å². The molecule has 178 valence electrons. The maximum absolute atomic E-state index is 12.8. The van der Waals surface area contributed by atoms with Gasteiger partial charge in [0.15, 0.2) is 0 Å². The van der Waals surface area contributed by atoms with Gasteiger partial charge in [0.1, 0.15) is 0 Å². The third-order valence-corrected chi connectivity index (χ3v) is 6.61. The molecule has 32 heavy (non-hydrogen) atoms. The molecule has 1 aromatic rings. The Bertz CT molecular complexity index is 771. The first-order valence-electron chi connectivity index (χ1n) is 10.9. The normalized spacial score (nSPS) is 27.6. The van der Waals surface area contributed by atoms with Gasteiger partial charge in [0.05, 0.1) is 12.5 Å². The molecule has 10 heteroatoms. The van der Waals surface area contributed by atoms with E-state index >= 15 is 0 Å². The molecular weight excluding hydrogens is 427 g/mol. The molecule has 0 radical (unpaired) electrons. The number of rotatable bonds is 4.